The zero-order valence-corrected chi connectivity index (χ0v) is 12.5. The van der Waals surface area contributed by atoms with Crippen molar-refractivity contribution in [1.29, 1.82) is 0 Å². The van der Waals surface area contributed by atoms with Gasteiger partial charge in [0.15, 0.2) is 6.10 Å². The van der Waals surface area contributed by atoms with Gasteiger partial charge in [-0.25, -0.2) is 0 Å². The number of ether oxygens (including phenoxy) is 2. The molecular weight excluding hydrogens is 325 g/mol. The van der Waals surface area contributed by atoms with Gasteiger partial charge in [-0.05, 0) is 23.8 Å². The van der Waals surface area contributed by atoms with Crippen molar-refractivity contribution >= 4 is 5.78 Å². The van der Waals surface area contributed by atoms with Crippen molar-refractivity contribution < 1.29 is 32.5 Å². The maximum Gasteiger partial charge on any atom is 0.416 e. The maximum atomic E-state index is 13.1. The van der Waals surface area contributed by atoms with Gasteiger partial charge >= 0.3 is 6.18 Å². The van der Waals surface area contributed by atoms with Crippen LogP contribution in [-0.2, 0) is 10.9 Å². The normalized spacial score (nSPS) is 19.8. The first kappa shape index (κ1) is 16.3. The Kier molecular flexibility index (Phi) is 3.96. The predicted molar refractivity (Wildman–Crippen MR) is 78.0 cm³/mol. The van der Waals surface area contributed by atoms with E-state index in [0.717, 1.165) is 6.07 Å². The second-order valence-corrected chi connectivity index (χ2v) is 5.28. The van der Waals surface area contributed by atoms with Crippen LogP contribution in [0.3, 0.4) is 0 Å². The monoisotopic (exact) mass is 338 g/mol. The van der Waals surface area contributed by atoms with E-state index in [1.54, 1.807) is 0 Å². The first-order valence-corrected chi connectivity index (χ1v) is 7.06. The van der Waals surface area contributed by atoms with E-state index in [1.165, 1.54) is 43.5 Å². The summed E-state index contributed by atoms with van der Waals surface area (Å²) < 4.78 is 49.4. The Labute approximate surface area is 135 Å². The molecule has 4 nitrogen and oxygen atoms in total. The third-order valence-corrected chi connectivity index (χ3v) is 3.79. The second kappa shape index (κ2) is 5.83. The van der Waals surface area contributed by atoms with Gasteiger partial charge in [-0.3, -0.25) is 4.79 Å². The molecule has 2 aromatic rings. The summed E-state index contributed by atoms with van der Waals surface area (Å²) in [5.41, 5.74) is -1.04. The molecule has 2 atom stereocenters. The number of ketones is 1. The van der Waals surface area contributed by atoms with Crippen molar-refractivity contribution in [3.8, 4) is 11.5 Å². The summed E-state index contributed by atoms with van der Waals surface area (Å²) in [5.74, 6) is -0.789. The van der Waals surface area contributed by atoms with Gasteiger partial charge in [0.1, 0.15) is 23.2 Å². The number of benzene rings is 2. The Morgan fingerprint density at radius 3 is 2.54 bits per heavy atom. The molecule has 1 fully saturated rings. The largest absolute Gasteiger partial charge is 0.507 e. The van der Waals surface area contributed by atoms with Crippen LogP contribution in [0.1, 0.15) is 27.6 Å². The Morgan fingerprint density at radius 2 is 1.88 bits per heavy atom. The van der Waals surface area contributed by atoms with E-state index in [1.807, 2.05) is 0 Å². The number of phenols is 1. The quantitative estimate of drug-likeness (QED) is 0.681. The molecule has 0 aromatic heterocycles. The molecule has 1 aliphatic heterocycles. The minimum atomic E-state index is -4.54. The van der Waals surface area contributed by atoms with E-state index in [4.69, 9.17) is 9.47 Å². The highest BCUT2D eigenvalue weighted by Gasteiger charge is 2.50. The van der Waals surface area contributed by atoms with Gasteiger partial charge in [0.05, 0.1) is 12.7 Å². The summed E-state index contributed by atoms with van der Waals surface area (Å²) in [7, 11) is 1.33. The van der Waals surface area contributed by atoms with Crippen LogP contribution in [0.4, 0.5) is 13.2 Å². The third kappa shape index (κ3) is 2.82. The lowest BCUT2D eigenvalue weighted by molar-refractivity contribution is -0.138. The molecule has 0 spiro atoms. The third-order valence-electron chi connectivity index (χ3n) is 3.79. The number of aromatic hydroxyl groups is 1. The summed E-state index contributed by atoms with van der Waals surface area (Å²) in [6.45, 7) is 0. The second-order valence-electron chi connectivity index (χ2n) is 5.28. The molecule has 0 bridgehead atoms. The fourth-order valence-corrected chi connectivity index (χ4v) is 2.63. The van der Waals surface area contributed by atoms with E-state index >= 15 is 0 Å². The van der Waals surface area contributed by atoms with Crippen LogP contribution in [0.15, 0.2) is 42.5 Å². The van der Waals surface area contributed by atoms with Crippen molar-refractivity contribution in [2.75, 3.05) is 7.11 Å². The summed E-state index contributed by atoms with van der Waals surface area (Å²) in [6.07, 6.45) is -6.63. The number of Topliss-reactive ketones (excluding diaryl/α,β-unsaturated/α-hetero) is 1. The highest BCUT2D eigenvalue weighted by atomic mass is 19.4. The number of phenolic OH excluding ortho intramolecular Hbond substituents is 1. The number of hydrogen-bond donors (Lipinski definition) is 1. The number of halogens is 3. The minimum absolute atomic E-state index is 0.0993. The van der Waals surface area contributed by atoms with Crippen LogP contribution < -0.4 is 4.74 Å². The summed E-state index contributed by atoms with van der Waals surface area (Å²) >= 11 is 0. The smallest absolute Gasteiger partial charge is 0.416 e. The van der Waals surface area contributed by atoms with Crippen molar-refractivity contribution in [3.05, 3.63) is 59.2 Å². The Morgan fingerprint density at radius 1 is 1.17 bits per heavy atom. The number of carbonyl (C=O) groups is 1. The first-order valence-electron chi connectivity index (χ1n) is 7.06. The lowest BCUT2D eigenvalue weighted by Crippen LogP contribution is -2.13. The number of carbonyl (C=O) groups excluding carboxylic acids is 1. The van der Waals surface area contributed by atoms with Crippen molar-refractivity contribution in [1.82, 2.24) is 0 Å². The van der Waals surface area contributed by atoms with E-state index in [0.29, 0.717) is 0 Å². The van der Waals surface area contributed by atoms with Crippen LogP contribution >= 0.6 is 0 Å². The Balaban J connectivity index is 1.91. The van der Waals surface area contributed by atoms with Gasteiger partial charge in [0.2, 0.25) is 5.78 Å². The average molecular weight is 338 g/mol. The van der Waals surface area contributed by atoms with Gasteiger partial charge in [-0.15, -0.1) is 0 Å². The minimum Gasteiger partial charge on any atom is -0.507 e. The van der Waals surface area contributed by atoms with Gasteiger partial charge in [0, 0.05) is 0 Å². The molecule has 24 heavy (non-hydrogen) atoms. The SMILES string of the molecule is COc1cccc(O)c1C(=O)[C@H]1O[C@@H]1c1ccccc1C(F)(F)F. The van der Waals surface area contributed by atoms with E-state index in [2.05, 4.69) is 0 Å². The predicted octanol–water partition coefficient (Wildman–Crippen LogP) is 3.74. The highest BCUT2D eigenvalue weighted by molar-refractivity contribution is 6.05. The molecule has 1 aliphatic rings. The number of rotatable bonds is 4. The van der Waals surface area contributed by atoms with Crippen LogP contribution in [0.25, 0.3) is 0 Å². The van der Waals surface area contributed by atoms with Crippen LogP contribution in [0.5, 0.6) is 11.5 Å². The molecule has 2 aromatic carbocycles. The molecule has 7 heteroatoms. The lowest BCUT2D eigenvalue weighted by atomic mass is 9.98. The molecule has 0 unspecified atom stereocenters. The number of alkyl halides is 3. The van der Waals surface area contributed by atoms with Gasteiger partial charge in [0.25, 0.3) is 0 Å². The van der Waals surface area contributed by atoms with Crippen molar-refractivity contribution in [2.24, 2.45) is 0 Å². The zero-order valence-electron chi connectivity index (χ0n) is 12.5. The number of hydrogen-bond acceptors (Lipinski definition) is 4. The maximum absolute atomic E-state index is 13.1. The summed E-state index contributed by atoms with van der Waals surface area (Å²) in [4.78, 5) is 12.5. The topological polar surface area (TPSA) is 59.1 Å². The molecule has 1 saturated heterocycles. The number of epoxide rings is 1. The molecule has 1 N–H and O–H groups in total. The summed E-state index contributed by atoms with van der Waals surface area (Å²) in [5, 5.41) is 9.87. The van der Waals surface area contributed by atoms with E-state index < -0.39 is 29.7 Å². The molecule has 0 radical (unpaired) electrons. The van der Waals surface area contributed by atoms with Gasteiger partial charge in [-0.1, -0.05) is 24.3 Å². The van der Waals surface area contributed by atoms with E-state index in [-0.39, 0.29) is 22.6 Å². The Bertz CT molecular complexity index is 786. The molecule has 0 aliphatic carbocycles. The van der Waals surface area contributed by atoms with Crippen molar-refractivity contribution in [3.63, 3.8) is 0 Å². The van der Waals surface area contributed by atoms with Crippen LogP contribution in [0.2, 0.25) is 0 Å². The fraction of sp³-hybridized carbons (Fsp3) is 0.235. The van der Waals surface area contributed by atoms with Crippen LogP contribution in [-0.4, -0.2) is 24.1 Å². The summed E-state index contributed by atoms with van der Waals surface area (Å²) in [6, 6.07) is 9.23. The standard InChI is InChI=1S/C17H13F3O4/c1-23-12-8-4-7-11(21)13(12)14(22)16-15(24-16)9-5-2-3-6-10(9)17(18,19)20/h2-8,15-16,21H,1H3/t15-,16-/m1/s1. The Hall–Kier alpha value is -2.54. The highest BCUT2D eigenvalue weighted by Crippen LogP contribution is 2.47. The van der Waals surface area contributed by atoms with Crippen LogP contribution in [0, 0.1) is 0 Å². The molecule has 1 heterocycles. The van der Waals surface area contributed by atoms with Gasteiger partial charge in [-0.2, -0.15) is 13.2 Å². The zero-order chi connectivity index (χ0) is 17.5. The average Bonchev–Trinajstić information content (AvgIpc) is 3.33. The molecule has 3 rings (SSSR count). The molecular formula is C17H13F3O4. The molecule has 126 valence electrons. The first-order chi connectivity index (χ1) is 11.3. The van der Waals surface area contributed by atoms with Gasteiger partial charge < -0.3 is 14.6 Å². The molecule has 0 amide bonds. The number of methoxy groups -OCH3 is 1. The van der Waals surface area contributed by atoms with Crippen molar-refractivity contribution in [2.45, 2.75) is 18.4 Å². The fourth-order valence-electron chi connectivity index (χ4n) is 2.63. The molecule has 0 saturated carbocycles. The lowest BCUT2D eigenvalue weighted by Gasteiger charge is -2.11. The van der Waals surface area contributed by atoms with E-state index in [9.17, 15) is 23.1 Å².